The van der Waals surface area contributed by atoms with Crippen LogP contribution in [0.4, 0.5) is 5.82 Å². The average molecular weight is 421 g/mol. The van der Waals surface area contributed by atoms with E-state index in [-0.39, 0.29) is 6.10 Å². The van der Waals surface area contributed by atoms with Crippen molar-refractivity contribution in [2.75, 3.05) is 18.0 Å². The Morgan fingerprint density at radius 1 is 1.20 bits per heavy atom. The number of anilines is 1. The van der Waals surface area contributed by atoms with Gasteiger partial charge in [0, 0.05) is 24.2 Å². The molecule has 1 unspecified atom stereocenters. The third-order valence-electron chi connectivity index (χ3n) is 5.17. The van der Waals surface area contributed by atoms with E-state index in [2.05, 4.69) is 37.0 Å². The lowest BCUT2D eigenvalue weighted by Gasteiger charge is -2.18. The van der Waals surface area contributed by atoms with Gasteiger partial charge in [-0.25, -0.2) is 14.8 Å². The number of aromatic amines is 2. The van der Waals surface area contributed by atoms with Crippen molar-refractivity contribution in [2.24, 2.45) is 0 Å². The number of fused-ring (bicyclic) bond motifs is 1. The molecule has 2 N–H and O–H groups in total. The van der Waals surface area contributed by atoms with E-state index in [0.29, 0.717) is 12.2 Å². The summed E-state index contributed by atoms with van der Waals surface area (Å²) in [6.07, 6.45) is 4.04. The third kappa shape index (κ3) is 3.64. The minimum atomic E-state index is -0.524. The van der Waals surface area contributed by atoms with Crippen molar-refractivity contribution in [2.45, 2.75) is 19.1 Å². The van der Waals surface area contributed by atoms with Crippen LogP contribution in [0, 0.1) is 0 Å². The van der Waals surface area contributed by atoms with Gasteiger partial charge in [0.2, 0.25) is 0 Å². The molecule has 9 heteroatoms. The highest BCUT2D eigenvalue weighted by Crippen LogP contribution is 2.35. The summed E-state index contributed by atoms with van der Waals surface area (Å²) in [4.78, 5) is 40.9. The maximum atomic E-state index is 12.2. The number of hydrogen-bond acceptors (Lipinski definition) is 7. The molecule has 152 valence electrons. The lowest BCUT2D eigenvalue weighted by Crippen LogP contribution is -2.23. The minimum absolute atomic E-state index is 0.135. The number of benzene rings is 1. The predicted molar refractivity (Wildman–Crippen MR) is 116 cm³/mol. The largest absolute Gasteiger partial charge is 0.372 e. The number of ether oxygens (including phenoxy) is 1. The van der Waals surface area contributed by atoms with Crippen molar-refractivity contribution in [1.29, 1.82) is 0 Å². The number of nitrogens with one attached hydrogen (secondary N) is 2. The summed E-state index contributed by atoms with van der Waals surface area (Å²) in [6.45, 7) is 2.19. The second-order valence-corrected chi connectivity index (χ2v) is 8.20. The molecule has 4 aromatic rings. The fourth-order valence-electron chi connectivity index (χ4n) is 3.67. The van der Waals surface area contributed by atoms with Gasteiger partial charge >= 0.3 is 5.69 Å². The highest BCUT2D eigenvalue weighted by atomic mass is 32.1. The molecule has 8 nitrogen and oxygen atoms in total. The maximum Gasteiger partial charge on any atom is 0.325 e. The molecule has 0 bridgehead atoms. The highest BCUT2D eigenvalue weighted by molar-refractivity contribution is 7.21. The smallest absolute Gasteiger partial charge is 0.325 e. The molecule has 0 aliphatic carbocycles. The van der Waals surface area contributed by atoms with Gasteiger partial charge in [-0.3, -0.25) is 9.78 Å². The molecular weight excluding hydrogens is 402 g/mol. The lowest BCUT2D eigenvalue weighted by atomic mass is 10.2. The molecule has 3 aromatic heterocycles. The number of hydrogen-bond donors (Lipinski definition) is 2. The van der Waals surface area contributed by atoms with Gasteiger partial charge in [-0.1, -0.05) is 30.3 Å². The Morgan fingerprint density at radius 3 is 2.90 bits per heavy atom. The van der Waals surface area contributed by atoms with Crippen molar-refractivity contribution in [1.82, 2.24) is 19.9 Å². The predicted octanol–water partition coefficient (Wildman–Crippen LogP) is 2.53. The van der Waals surface area contributed by atoms with E-state index in [9.17, 15) is 9.59 Å². The van der Waals surface area contributed by atoms with E-state index in [1.54, 1.807) is 6.33 Å². The fraction of sp³-hybridized carbons (Fsp3) is 0.238. The lowest BCUT2D eigenvalue weighted by molar-refractivity contribution is 0.0553. The molecule has 4 heterocycles. The van der Waals surface area contributed by atoms with Gasteiger partial charge in [0.05, 0.1) is 23.7 Å². The Kier molecular flexibility index (Phi) is 4.89. The zero-order valence-corrected chi connectivity index (χ0v) is 16.8. The monoisotopic (exact) mass is 421 g/mol. The molecule has 0 saturated carbocycles. The van der Waals surface area contributed by atoms with E-state index in [1.807, 2.05) is 24.3 Å². The zero-order chi connectivity index (χ0) is 20.5. The van der Waals surface area contributed by atoms with Crippen molar-refractivity contribution in [3.63, 3.8) is 0 Å². The molecule has 1 atom stereocenters. The summed E-state index contributed by atoms with van der Waals surface area (Å²) in [5.41, 5.74) is 0.627. The van der Waals surface area contributed by atoms with Gasteiger partial charge in [-0.2, -0.15) is 0 Å². The average Bonchev–Trinajstić information content (AvgIpc) is 3.40. The Hall–Kier alpha value is -3.30. The van der Waals surface area contributed by atoms with Gasteiger partial charge in [0.1, 0.15) is 17.0 Å². The van der Waals surface area contributed by atoms with Crippen molar-refractivity contribution < 1.29 is 4.74 Å². The molecule has 1 saturated heterocycles. The van der Waals surface area contributed by atoms with Crippen LogP contribution in [0.5, 0.6) is 0 Å². The van der Waals surface area contributed by atoms with Crippen LogP contribution in [0.15, 0.2) is 58.5 Å². The fourth-order valence-corrected chi connectivity index (χ4v) is 4.67. The summed E-state index contributed by atoms with van der Waals surface area (Å²) < 4.78 is 6.09. The molecular formula is C21H19N5O3S. The second kappa shape index (κ2) is 7.85. The van der Waals surface area contributed by atoms with Crippen LogP contribution >= 0.6 is 11.3 Å². The van der Waals surface area contributed by atoms with E-state index in [0.717, 1.165) is 46.0 Å². The van der Waals surface area contributed by atoms with Crippen LogP contribution in [-0.2, 0) is 11.3 Å². The summed E-state index contributed by atoms with van der Waals surface area (Å²) in [6, 6.07) is 12.1. The van der Waals surface area contributed by atoms with E-state index < -0.39 is 11.2 Å². The molecule has 1 fully saturated rings. The molecule has 1 aliphatic heterocycles. The first-order valence-corrected chi connectivity index (χ1v) is 10.5. The number of thiophene rings is 1. The zero-order valence-electron chi connectivity index (χ0n) is 16.0. The molecule has 1 aliphatic rings. The first-order valence-electron chi connectivity index (χ1n) is 9.65. The SMILES string of the molecule is O=c1[nH]cc(-c2cc3c(N4CCC(OCc5ccccc5)C4)ncnc3s2)c(=O)[nH]1. The first-order chi connectivity index (χ1) is 14.7. The molecule has 0 amide bonds. The van der Waals surface area contributed by atoms with Gasteiger partial charge in [-0.05, 0) is 18.1 Å². The number of H-pyrrole nitrogens is 2. The van der Waals surface area contributed by atoms with Crippen LogP contribution in [0.25, 0.3) is 20.7 Å². The third-order valence-corrected chi connectivity index (χ3v) is 6.24. The van der Waals surface area contributed by atoms with Crippen LogP contribution in [-0.4, -0.2) is 39.1 Å². The first kappa shape index (κ1) is 18.7. The van der Waals surface area contributed by atoms with Crippen molar-refractivity contribution >= 4 is 27.4 Å². The van der Waals surface area contributed by atoms with Crippen molar-refractivity contribution in [3.8, 4) is 10.4 Å². The second-order valence-electron chi connectivity index (χ2n) is 7.17. The molecule has 0 spiro atoms. The summed E-state index contributed by atoms with van der Waals surface area (Å²) in [5.74, 6) is 0.842. The normalized spacial score (nSPS) is 16.4. The Labute approximate surface area is 175 Å². The van der Waals surface area contributed by atoms with Crippen LogP contribution in [0.3, 0.4) is 0 Å². The van der Waals surface area contributed by atoms with Gasteiger partial charge in [0.15, 0.2) is 0 Å². The summed E-state index contributed by atoms with van der Waals surface area (Å²) >= 11 is 1.40. The Bertz CT molecular complexity index is 1300. The van der Waals surface area contributed by atoms with E-state index in [1.165, 1.54) is 17.5 Å². The molecule has 0 radical (unpaired) electrons. The quantitative estimate of drug-likeness (QED) is 0.513. The highest BCUT2D eigenvalue weighted by Gasteiger charge is 2.26. The van der Waals surface area contributed by atoms with E-state index >= 15 is 0 Å². The number of aromatic nitrogens is 4. The number of nitrogens with zero attached hydrogens (tertiary/aromatic N) is 3. The van der Waals surface area contributed by atoms with Crippen LogP contribution in [0.2, 0.25) is 0 Å². The van der Waals surface area contributed by atoms with Gasteiger partial charge in [0.25, 0.3) is 5.56 Å². The number of rotatable bonds is 5. The Balaban J connectivity index is 1.38. The van der Waals surface area contributed by atoms with Crippen LogP contribution in [0.1, 0.15) is 12.0 Å². The van der Waals surface area contributed by atoms with Gasteiger partial charge in [-0.15, -0.1) is 11.3 Å². The van der Waals surface area contributed by atoms with E-state index in [4.69, 9.17) is 4.74 Å². The van der Waals surface area contributed by atoms with Crippen molar-refractivity contribution in [3.05, 3.63) is 75.3 Å². The molecule has 1 aromatic carbocycles. The topological polar surface area (TPSA) is 104 Å². The standard InChI is InChI=1S/C21H19N5O3S/c27-19-16(9-22-21(28)25-19)17-8-15-18(23-12-24-20(15)30-17)26-7-6-14(10-26)29-11-13-4-2-1-3-5-13/h1-5,8-9,12,14H,6-7,10-11H2,(H2,22,25,27,28). The maximum absolute atomic E-state index is 12.2. The molecule has 5 rings (SSSR count). The van der Waals surface area contributed by atoms with Gasteiger partial charge < -0.3 is 14.6 Å². The Morgan fingerprint density at radius 2 is 2.07 bits per heavy atom. The molecule has 30 heavy (non-hydrogen) atoms. The summed E-state index contributed by atoms with van der Waals surface area (Å²) in [5, 5.41) is 0.895. The van der Waals surface area contributed by atoms with Crippen LogP contribution < -0.4 is 16.1 Å². The minimum Gasteiger partial charge on any atom is -0.372 e. The summed E-state index contributed by atoms with van der Waals surface area (Å²) in [7, 11) is 0.